The Bertz CT molecular complexity index is 1400. The van der Waals surface area contributed by atoms with Crippen molar-refractivity contribution in [3.05, 3.63) is 72.8 Å². The molecule has 1 N–H and O–H groups in total. The third-order valence-corrected chi connectivity index (χ3v) is 7.65. The SMILES string of the molecule is CCOc1cc(-c2nc3sc4c(c3c(=O)[nH]2)CCCC4)ccc1OCc1ccc(Cl)c(Cl)c1. The van der Waals surface area contributed by atoms with Crippen molar-refractivity contribution >= 4 is 44.8 Å². The summed E-state index contributed by atoms with van der Waals surface area (Å²) in [6.07, 6.45) is 4.29. The molecule has 0 saturated heterocycles. The van der Waals surface area contributed by atoms with Crippen molar-refractivity contribution in [1.29, 1.82) is 0 Å². The summed E-state index contributed by atoms with van der Waals surface area (Å²) in [6, 6.07) is 11.0. The molecule has 5 rings (SSSR count). The molecule has 0 aliphatic heterocycles. The number of rotatable bonds is 6. The number of hydrogen-bond acceptors (Lipinski definition) is 5. The summed E-state index contributed by atoms with van der Waals surface area (Å²) in [4.78, 5) is 22.8. The molecule has 0 saturated carbocycles. The number of nitrogens with zero attached hydrogens (tertiary/aromatic N) is 1. The van der Waals surface area contributed by atoms with Crippen LogP contribution in [0.1, 0.15) is 35.8 Å². The quantitative estimate of drug-likeness (QED) is 0.315. The van der Waals surface area contributed by atoms with E-state index in [-0.39, 0.29) is 5.56 Å². The van der Waals surface area contributed by atoms with E-state index in [1.807, 2.05) is 31.2 Å². The third kappa shape index (κ3) is 4.47. The van der Waals surface area contributed by atoms with Crippen LogP contribution in [0.5, 0.6) is 11.5 Å². The molecule has 0 amide bonds. The van der Waals surface area contributed by atoms with Gasteiger partial charge in [-0.3, -0.25) is 4.79 Å². The molecule has 0 fully saturated rings. The number of H-pyrrole nitrogens is 1. The Labute approximate surface area is 205 Å². The minimum Gasteiger partial charge on any atom is -0.490 e. The van der Waals surface area contributed by atoms with E-state index in [0.717, 1.165) is 40.6 Å². The van der Waals surface area contributed by atoms with Crippen molar-refractivity contribution in [3.8, 4) is 22.9 Å². The minimum absolute atomic E-state index is 0.0766. The molecule has 33 heavy (non-hydrogen) atoms. The Morgan fingerprint density at radius 2 is 1.88 bits per heavy atom. The molecule has 1 aliphatic carbocycles. The third-order valence-electron chi connectivity index (χ3n) is 5.72. The van der Waals surface area contributed by atoms with Gasteiger partial charge in [-0.05, 0) is 74.1 Å². The van der Waals surface area contributed by atoms with Crippen LogP contribution in [0.2, 0.25) is 10.0 Å². The van der Waals surface area contributed by atoms with E-state index in [1.165, 1.54) is 16.9 Å². The molecule has 5 nitrogen and oxygen atoms in total. The standard InChI is InChI=1S/C25H22Cl2N2O3S/c1-2-31-20-12-15(8-10-19(20)32-13-14-7-9-17(26)18(27)11-14)23-28-24(30)22-16-5-3-4-6-21(16)33-25(22)29-23/h7-12H,2-6,13H2,1H3,(H,28,29,30). The molecule has 2 heterocycles. The van der Waals surface area contributed by atoms with Crippen LogP contribution in [0.25, 0.3) is 21.6 Å². The lowest BCUT2D eigenvalue weighted by Crippen LogP contribution is -2.11. The van der Waals surface area contributed by atoms with Gasteiger partial charge in [0.2, 0.25) is 0 Å². The average molecular weight is 501 g/mol. The normalized spacial score (nSPS) is 13.2. The van der Waals surface area contributed by atoms with Crippen LogP contribution >= 0.6 is 34.5 Å². The van der Waals surface area contributed by atoms with Crippen molar-refractivity contribution < 1.29 is 9.47 Å². The van der Waals surface area contributed by atoms with Gasteiger partial charge in [0.15, 0.2) is 11.5 Å². The van der Waals surface area contributed by atoms with Gasteiger partial charge in [0.05, 0.1) is 22.0 Å². The zero-order valence-electron chi connectivity index (χ0n) is 18.0. The molecule has 0 unspecified atom stereocenters. The second-order valence-corrected chi connectivity index (χ2v) is 9.84. The number of benzene rings is 2. The summed E-state index contributed by atoms with van der Waals surface area (Å²) < 4.78 is 11.8. The number of aryl methyl sites for hydroxylation is 2. The van der Waals surface area contributed by atoms with Crippen LogP contribution < -0.4 is 15.0 Å². The maximum atomic E-state index is 12.9. The molecule has 8 heteroatoms. The molecule has 2 aromatic heterocycles. The van der Waals surface area contributed by atoms with E-state index in [0.29, 0.717) is 40.6 Å². The highest BCUT2D eigenvalue weighted by atomic mass is 35.5. The van der Waals surface area contributed by atoms with Gasteiger partial charge >= 0.3 is 0 Å². The second-order valence-electron chi connectivity index (χ2n) is 7.94. The van der Waals surface area contributed by atoms with Crippen LogP contribution in [0.4, 0.5) is 0 Å². The highest BCUT2D eigenvalue weighted by Gasteiger charge is 2.20. The molecule has 1 aliphatic rings. The second kappa shape index (κ2) is 9.37. The fourth-order valence-corrected chi connectivity index (χ4v) is 5.72. The Hall–Kier alpha value is -2.54. The van der Waals surface area contributed by atoms with Crippen molar-refractivity contribution in [3.63, 3.8) is 0 Å². The van der Waals surface area contributed by atoms with E-state index in [2.05, 4.69) is 4.98 Å². The summed E-state index contributed by atoms with van der Waals surface area (Å²) in [5, 5.41) is 1.74. The summed E-state index contributed by atoms with van der Waals surface area (Å²) in [6.45, 7) is 2.71. The molecule has 2 aromatic carbocycles. The van der Waals surface area contributed by atoms with Gasteiger partial charge in [-0.2, -0.15) is 0 Å². The Kier molecular flexibility index (Phi) is 6.32. The first-order chi connectivity index (χ1) is 16.0. The lowest BCUT2D eigenvalue weighted by atomic mass is 9.97. The summed E-state index contributed by atoms with van der Waals surface area (Å²) in [5.74, 6) is 1.72. The van der Waals surface area contributed by atoms with Crippen LogP contribution in [-0.2, 0) is 19.4 Å². The first-order valence-electron chi connectivity index (χ1n) is 10.9. The van der Waals surface area contributed by atoms with Crippen molar-refractivity contribution in [2.45, 2.75) is 39.2 Å². The molecule has 0 radical (unpaired) electrons. The summed E-state index contributed by atoms with van der Waals surface area (Å²) in [5.41, 5.74) is 2.77. The van der Waals surface area contributed by atoms with Crippen molar-refractivity contribution in [1.82, 2.24) is 9.97 Å². The predicted octanol–water partition coefficient (Wildman–Crippen LogP) is 6.81. The van der Waals surface area contributed by atoms with E-state index < -0.39 is 0 Å². The Morgan fingerprint density at radius 3 is 2.70 bits per heavy atom. The smallest absolute Gasteiger partial charge is 0.260 e. The first kappa shape index (κ1) is 22.3. The maximum Gasteiger partial charge on any atom is 0.260 e. The molecule has 170 valence electrons. The fourth-order valence-electron chi connectivity index (χ4n) is 4.13. The van der Waals surface area contributed by atoms with Crippen molar-refractivity contribution in [2.24, 2.45) is 0 Å². The average Bonchev–Trinajstić information content (AvgIpc) is 3.19. The van der Waals surface area contributed by atoms with Gasteiger partial charge in [0.1, 0.15) is 17.3 Å². The lowest BCUT2D eigenvalue weighted by Gasteiger charge is -2.14. The number of aromatic nitrogens is 2. The number of halogens is 2. The van der Waals surface area contributed by atoms with E-state index in [4.69, 9.17) is 37.7 Å². The van der Waals surface area contributed by atoms with Gasteiger partial charge in [0.25, 0.3) is 5.56 Å². The van der Waals surface area contributed by atoms with Gasteiger partial charge in [-0.25, -0.2) is 4.98 Å². The maximum absolute atomic E-state index is 12.9. The molecule has 0 spiro atoms. The van der Waals surface area contributed by atoms with Crippen LogP contribution in [0.15, 0.2) is 41.2 Å². The number of aromatic amines is 1. The van der Waals surface area contributed by atoms with Crippen LogP contribution in [0.3, 0.4) is 0 Å². The number of nitrogens with one attached hydrogen (secondary N) is 1. The topological polar surface area (TPSA) is 64.2 Å². The largest absolute Gasteiger partial charge is 0.490 e. The Morgan fingerprint density at radius 1 is 1.03 bits per heavy atom. The number of ether oxygens (including phenoxy) is 2. The number of fused-ring (bicyclic) bond motifs is 3. The zero-order valence-corrected chi connectivity index (χ0v) is 20.4. The fraction of sp³-hybridized carbons (Fsp3) is 0.280. The number of hydrogen-bond donors (Lipinski definition) is 1. The van der Waals surface area contributed by atoms with E-state index in [9.17, 15) is 4.79 Å². The first-order valence-corrected chi connectivity index (χ1v) is 12.5. The molecular formula is C25H22Cl2N2O3S. The van der Waals surface area contributed by atoms with Gasteiger partial charge < -0.3 is 14.5 Å². The molecule has 0 atom stereocenters. The predicted molar refractivity (Wildman–Crippen MR) is 134 cm³/mol. The monoisotopic (exact) mass is 500 g/mol. The van der Waals surface area contributed by atoms with Crippen LogP contribution in [0, 0.1) is 0 Å². The molecular weight excluding hydrogens is 479 g/mol. The zero-order chi connectivity index (χ0) is 22.9. The minimum atomic E-state index is -0.0766. The molecule has 4 aromatic rings. The number of thiophene rings is 1. The van der Waals surface area contributed by atoms with E-state index in [1.54, 1.807) is 23.5 Å². The summed E-state index contributed by atoms with van der Waals surface area (Å²) in [7, 11) is 0. The van der Waals surface area contributed by atoms with E-state index >= 15 is 0 Å². The highest BCUT2D eigenvalue weighted by molar-refractivity contribution is 7.18. The highest BCUT2D eigenvalue weighted by Crippen LogP contribution is 2.36. The Balaban J connectivity index is 1.46. The van der Waals surface area contributed by atoms with Crippen LogP contribution in [-0.4, -0.2) is 16.6 Å². The van der Waals surface area contributed by atoms with Gasteiger partial charge in [-0.1, -0.05) is 29.3 Å². The molecule has 0 bridgehead atoms. The van der Waals surface area contributed by atoms with Crippen molar-refractivity contribution in [2.75, 3.05) is 6.61 Å². The van der Waals surface area contributed by atoms with Gasteiger partial charge in [-0.15, -0.1) is 11.3 Å². The van der Waals surface area contributed by atoms with Gasteiger partial charge in [0, 0.05) is 10.4 Å². The summed E-state index contributed by atoms with van der Waals surface area (Å²) >= 11 is 13.7. The lowest BCUT2D eigenvalue weighted by molar-refractivity contribution is 0.269.